The summed E-state index contributed by atoms with van der Waals surface area (Å²) in [4.78, 5) is 13.5. The molecular formula is C10H9N5OS. The first-order chi connectivity index (χ1) is 8.25. The van der Waals surface area contributed by atoms with Crippen LogP contribution < -0.4 is 0 Å². The molecule has 0 bridgehead atoms. The fourth-order valence-corrected chi connectivity index (χ4v) is 2.22. The third-order valence-corrected chi connectivity index (χ3v) is 3.30. The van der Waals surface area contributed by atoms with Crippen molar-refractivity contribution in [2.24, 2.45) is 7.05 Å². The van der Waals surface area contributed by atoms with Crippen LogP contribution in [-0.4, -0.2) is 24.7 Å². The Kier molecular flexibility index (Phi) is 2.25. The smallest absolute Gasteiger partial charge is 0.270 e. The monoisotopic (exact) mass is 247 g/mol. The highest BCUT2D eigenvalue weighted by Gasteiger charge is 2.16. The molecule has 0 radical (unpaired) electrons. The number of aryl methyl sites for hydroxylation is 2. The second kappa shape index (κ2) is 3.77. The Hall–Kier alpha value is -2.02. The molecule has 3 aromatic rings. The molecule has 17 heavy (non-hydrogen) atoms. The van der Waals surface area contributed by atoms with E-state index in [9.17, 15) is 0 Å². The maximum atomic E-state index is 5.22. The van der Waals surface area contributed by atoms with Crippen LogP contribution in [0.4, 0.5) is 0 Å². The van der Waals surface area contributed by atoms with E-state index in [1.54, 1.807) is 11.7 Å². The van der Waals surface area contributed by atoms with Gasteiger partial charge in [0.15, 0.2) is 5.82 Å². The zero-order valence-corrected chi connectivity index (χ0v) is 10.1. The molecular weight excluding hydrogens is 238 g/mol. The number of aromatic nitrogens is 5. The number of nitrogens with zero attached hydrogens (tertiary/aromatic N) is 5. The van der Waals surface area contributed by atoms with Gasteiger partial charge in [0.2, 0.25) is 5.82 Å². The molecule has 3 heterocycles. The van der Waals surface area contributed by atoms with Crippen LogP contribution in [0.25, 0.3) is 22.4 Å². The summed E-state index contributed by atoms with van der Waals surface area (Å²) in [6.07, 6.45) is 3.53. The molecule has 0 aromatic carbocycles. The summed E-state index contributed by atoms with van der Waals surface area (Å²) >= 11 is 1.48. The SMILES string of the molecule is Cc1ncsc1-c1nc(-c2nccn2C)no1. The Bertz CT molecular complexity index is 598. The van der Waals surface area contributed by atoms with Crippen molar-refractivity contribution in [1.82, 2.24) is 24.7 Å². The van der Waals surface area contributed by atoms with Gasteiger partial charge in [0.05, 0.1) is 11.2 Å². The molecule has 0 amide bonds. The van der Waals surface area contributed by atoms with Gasteiger partial charge < -0.3 is 9.09 Å². The highest BCUT2D eigenvalue weighted by Crippen LogP contribution is 2.26. The van der Waals surface area contributed by atoms with Crippen molar-refractivity contribution in [3.05, 3.63) is 23.6 Å². The molecule has 0 aliphatic carbocycles. The minimum Gasteiger partial charge on any atom is -0.333 e. The molecule has 0 N–H and O–H groups in total. The second-order valence-electron chi connectivity index (χ2n) is 3.55. The van der Waals surface area contributed by atoms with E-state index >= 15 is 0 Å². The van der Waals surface area contributed by atoms with Gasteiger partial charge in [-0.15, -0.1) is 11.3 Å². The van der Waals surface area contributed by atoms with Crippen molar-refractivity contribution in [2.75, 3.05) is 0 Å². The maximum absolute atomic E-state index is 5.22. The lowest BCUT2D eigenvalue weighted by atomic mass is 10.4. The zero-order valence-electron chi connectivity index (χ0n) is 9.28. The van der Waals surface area contributed by atoms with Crippen molar-refractivity contribution >= 4 is 11.3 Å². The molecule has 3 rings (SSSR count). The van der Waals surface area contributed by atoms with Crippen LogP contribution in [0.2, 0.25) is 0 Å². The van der Waals surface area contributed by atoms with Crippen LogP contribution in [0.3, 0.4) is 0 Å². The lowest BCUT2D eigenvalue weighted by Gasteiger charge is -1.92. The van der Waals surface area contributed by atoms with E-state index in [0.717, 1.165) is 10.6 Å². The van der Waals surface area contributed by atoms with Gasteiger partial charge in [-0.25, -0.2) is 9.97 Å². The average molecular weight is 247 g/mol. The normalized spacial score (nSPS) is 10.9. The first-order valence-electron chi connectivity index (χ1n) is 4.97. The standard InChI is InChI=1S/C10H9N5OS/c1-6-7(17-5-12-6)10-13-8(14-16-10)9-11-3-4-15(9)2/h3-5H,1-2H3. The molecule has 3 aromatic heterocycles. The first kappa shape index (κ1) is 10.2. The molecule has 0 saturated carbocycles. The molecule has 0 atom stereocenters. The number of rotatable bonds is 2. The third kappa shape index (κ3) is 1.64. The minimum atomic E-state index is 0.486. The summed E-state index contributed by atoms with van der Waals surface area (Å²) in [7, 11) is 1.89. The second-order valence-corrected chi connectivity index (χ2v) is 4.41. The number of hydrogen-bond donors (Lipinski definition) is 0. The fourth-order valence-electron chi connectivity index (χ4n) is 1.49. The van der Waals surface area contributed by atoms with Gasteiger partial charge in [-0.3, -0.25) is 0 Å². The van der Waals surface area contributed by atoms with Crippen molar-refractivity contribution in [3.63, 3.8) is 0 Å². The fraction of sp³-hybridized carbons (Fsp3) is 0.200. The largest absolute Gasteiger partial charge is 0.333 e. The zero-order chi connectivity index (χ0) is 11.8. The van der Waals surface area contributed by atoms with E-state index in [1.807, 2.05) is 24.7 Å². The first-order valence-corrected chi connectivity index (χ1v) is 5.85. The van der Waals surface area contributed by atoms with Crippen molar-refractivity contribution < 1.29 is 4.52 Å². The number of hydrogen-bond acceptors (Lipinski definition) is 6. The van der Waals surface area contributed by atoms with Gasteiger partial charge in [0.25, 0.3) is 5.89 Å². The lowest BCUT2D eigenvalue weighted by molar-refractivity contribution is 0.432. The summed E-state index contributed by atoms with van der Waals surface area (Å²) < 4.78 is 7.07. The summed E-state index contributed by atoms with van der Waals surface area (Å²) in [5.74, 6) is 1.66. The van der Waals surface area contributed by atoms with Crippen LogP contribution in [0.1, 0.15) is 5.69 Å². The topological polar surface area (TPSA) is 69.6 Å². The van der Waals surface area contributed by atoms with Crippen LogP contribution in [0, 0.1) is 6.92 Å². The van der Waals surface area contributed by atoms with Crippen molar-refractivity contribution in [3.8, 4) is 22.4 Å². The summed E-state index contributed by atoms with van der Waals surface area (Å²) in [5.41, 5.74) is 2.65. The van der Waals surface area contributed by atoms with Gasteiger partial charge >= 0.3 is 0 Å². The van der Waals surface area contributed by atoms with Crippen LogP contribution >= 0.6 is 11.3 Å². The van der Waals surface area contributed by atoms with Gasteiger partial charge in [0.1, 0.15) is 4.88 Å². The van der Waals surface area contributed by atoms with E-state index in [1.165, 1.54) is 11.3 Å². The molecule has 7 heteroatoms. The van der Waals surface area contributed by atoms with Gasteiger partial charge in [0, 0.05) is 19.4 Å². The molecule has 86 valence electrons. The number of thiazole rings is 1. The summed E-state index contributed by atoms with van der Waals surface area (Å²) in [5, 5.41) is 3.93. The van der Waals surface area contributed by atoms with Gasteiger partial charge in [-0.1, -0.05) is 5.16 Å². The molecule has 0 unspecified atom stereocenters. The Morgan fingerprint density at radius 1 is 1.35 bits per heavy atom. The third-order valence-electron chi connectivity index (χ3n) is 2.39. The van der Waals surface area contributed by atoms with Gasteiger partial charge in [-0.2, -0.15) is 4.98 Å². The van der Waals surface area contributed by atoms with E-state index in [0.29, 0.717) is 17.5 Å². The van der Waals surface area contributed by atoms with E-state index in [4.69, 9.17) is 4.52 Å². The summed E-state index contributed by atoms with van der Waals surface area (Å²) in [6.45, 7) is 1.91. The van der Waals surface area contributed by atoms with Crippen LogP contribution in [-0.2, 0) is 7.05 Å². The van der Waals surface area contributed by atoms with E-state index in [-0.39, 0.29) is 0 Å². The Balaban J connectivity index is 2.05. The van der Waals surface area contributed by atoms with Crippen LogP contribution in [0.5, 0.6) is 0 Å². The molecule has 6 nitrogen and oxygen atoms in total. The van der Waals surface area contributed by atoms with Crippen molar-refractivity contribution in [2.45, 2.75) is 6.92 Å². The maximum Gasteiger partial charge on any atom is 0.270 e. The van der Waals surface area contributed by atoms with E-state index in [2.05, 4.69) is 20.1 Å². The lowest BCUT2D eigenvalue weighted by Crippen LogP contribution is -1.92. The highest BCUT2D eigenvalue weighted by atomic mass is 32.1. The molecule has 0 aliphatic heterocycles. The average Bonchev–Trinajstić information content (AvgIpc) is 2.97. The molecule has 0 saturated heterocycles. The van der Waals surface area contributed by atoms with Crippen molar-refractivity contribution in [1.29, 1.82) is 0 Å². The predicted molar refractivity (Wildman–Crippen MR) is 62.3 cm³/mol. The van der Waals surface area contributed by atoms with Gasteiger partial charge in [-0.05, 0) is 6.92 Å². The highest BCUT2D eigenvalue weighted by molar-refractivity contribution is 7.13. The molecule has 0 aliphatic rings. The Labute approximate surface area is 101 Å². The Morgan fingerprint density at radius 3 is 2.88 bits per heavy atom. The quantitative estimate of drug-likeness (QED) is 0.691. The minimum absolute atomic E-state index is 0.486. The Morgan fingerprint density at radius 2 is 2.24 bits per heavy atom. The van der Waals surface area contributed by atoms with Crippen LogP contribution in [0.15, 0.2) is 22.4 Å². The predicted octanol–water partition coefficient (Wildman–Crippen LogP) is 1.90. The summed E-state index contributed by atoms with van der Waals surface area (Å²) in [6, 6.07) is 0. The molecule has 0 spiro atoms. The van der Waals surface area contributed by atoms with E-state index < -0.39 is 0 Å². The molecule has 0 fully saturated rings. The number of imidazole rings is 1.